The molecule has 1 aliphatic heterocycles. The van der Waals surface area contributed by atoms with Crippen molar-refractivity contribution in [2.24, 2.45) is 7.05 Å². The molecule has 1 amide bonds. The number of amides is 1. The number of ketones is 1. The van der Waals surface area contributed by atoms with Crippen molar-refractivity contribution in [3.8, 4) is 5.75 Å². The van der Waals surface area contributed by atoms with Crippen molar-refractivity contribution in [2.45, 2.75) is 38.8 Å². The molecule has 0 spiro atoms. The molecular formula is C25H30N4O4. The fraction of sp³-hybridized carbons (Fsp3) is 0.400. The maximum absolute atomic E-state index is 13.6. The van der Waals surface area contributed by atoms with Gasteiger partial charge in [-0.25, -0.2) is 0 Å². The minimum atomic E-state index is -0.331. The molecular weight excluding hydrogens is 420 g/mol. The van der Waals surface area contributed by atoms with E-state index >= 15 is 0 Å². The van der Waals surface area contributed by atoms with Gasteiger partial charge < -0.3 is 24.5 Å². The second-order valence-electron chi connectivity index (χ2n) is 8.37. The second kappa shape index (κ2) is 9.62. The molecule has 0 bridgehead atoms. The number of piperidine rings is 1. The molecule has 3 heterocycles. The molecule has 8 heteroatoms. The fourth-order valence-corrected chi connectivity index (χ4v) is 4.55. The quantitative estimate of drug-likeness (QED) is 0.539. The molecule has 4 rings (SSSR count). The topological polar surface area (TPSA) is 94.4 Å². The van der Waals surface area contributed by atoms with E-state index in [1.165, 1.54) is 11.7 Å². The number of carbonyl (C=O) groups is 2. The molecule has 0 aliphatic carbocycles. The van der Waals surface area contributed by atoms with E-state index in [-0.39, 0.29) is 35.6 Å². The molecule has 3 aromatic rings. The Hall–Kier alpha value is -3.39. The number of fused-ring (bicyclic) bond motifs is 1. The lowest BCUT2D eigenvalue weighted by atomic mass is 10.1. The van der Waals surface area contributed by atoms with Crippen LogP contribution in [0, 0.1) is 0 Å². The van der Waals surface area contributed by atoms with Crippen molar-refractivity contribution in [1.82, 2.24) is 19.8 Å². The minimum Gasteiger partial charge on any atom is -0.493 e. The van der Waals surface area contributed by atoms with Gasteiger partial charge in [0.15, 0.2) is 17.2 Å². The van der Waals surface area contributed by atoms with Crippen molar-refractivity contribution in [1.29, 1.82) is 0 Å². The number of rotatable bonds is 7. The molecule has 1 aliphatic rings. The Morgan fingerprint density at radius 2 is 1.88 bits per heavy atom. The summed E-state index contributed by atoms with van der Waals surface area (Å²) in [6.45, 7) is 3.58. The number of aromatic nitrogens is 2. The average molecular weight is 451 g/mol. The van der Waals surface area contributed by atoms with Crippen molar-refractivity contribution < 1.29 is 14.3 Å². The zero-order chi connectivity index (χ0) is 23.5. The largest absolute Gasteiger partial charge is 0.493 e. The Morgan fingerprint density at radius 3 is 2.52 bits per heavy atom. The lowest BCUT2D eigenvalue weighted by Gasteiger charge is -2.23. The van der Waals surface area contributed by atoms with Crippen molar-refractivity contribution in [3.05, 3.63) is 63.7 Å². The third-order valence-corrected chi connectivity index (χ3v) is 6.36. The zero-order valence-corrected chi connectivity index (χ0v) is 19.3. The molecule has 0 unspecified atom stereocenters. The van der Waals surface area contributed by atoms with Crippen LogP contribution in [-0.2, 0) is 20.0 Å². The molecule has 2 N–H and O–H groups in total. The van der Waals surface area contributed by atoms with Gasteiger partial charge in [-0.2, -0.15) is 0 Å². The number of pyridine rings is 1. The SMILES string of the molecule is CCc1cc2c(c(OC)c(C(=O)NC3CCNCC3)n2C)c(=O)n1CC(=O)c1ccccc1. The Morgan fingerprint density at radius 1 is 1.18 bits per heavy atom. The van der Waals surface area contributed by atoms with Gasteiger partial charge in [0.2, 0.25) is 0 Å². The van der Waals surface area contributed by atoms with Crippen molar-refractivity contribution in [3.63, 3.8) is 0 Å². The van der Waals surface area contributed by atoms with Gasteiger partial charge in [0.1, 0.15) is 5.39 Å². The van der Waals surface area contributed by atoms with Gasteiger partial charge in [-0.3, -0.25) is 14.4 Å². The number of nitrogens with zero attached hydrogens (tertiary/aromatic N) is 2. The predicted octanol–water partition coefficient (Wildman–Crippen LogP) is 2.28. The number of methoxy groups -OCH3 is 1. The van der Waals surface area contributed by atoms with Gasteiger partial charge in [0.25, 0.3) is 11.5 Å². The summed E-state index contributed by atoms with van der Waals surface area (Å²) in [5.41, 5.74) is 1.88. The van der Waals surface area contributed by atoms with E-state index in [1.54, 1.807) is 35.9 Å². The van der Waals surface area contributed by atoms with E-state index in [2.05, 4.69) is 10.6 Å². The summed E-state index contributed by atoms with van der Waals surface area (Å²) in [5, 5.41) is 6.68. The highest BCUT2D eigenvalue weighted by Crippen LogP contribution is 2.31. The molecule has 174 valence electrons. The normalized spacial score (nSPS) is 14.4. The van der Waals surface area contributed by atoms with Crippen molar-refractivity contribution >= 4 is 22.6 Å². The second-order valence-corrected chi connectivity index (χ2v) is 8.37. The smallest absolute Gasteiger partial charge is 0.272 e. The maximum Gasteiger partial charge on any atom is 0.272 e. The van der Waals surface area contributed by atoms with Crippen LogP contribution in [0.1, 0.15) is 46.3 Å². The summed E-state index contributed by atoms with van der Waals surface area (Å²) in [4.78, 5) is 39.7. The van der Waals surface area contributed by atoms with Crippen molar-refractivity contribution in [2.75, 3.05) is 20.2 Å². The average Bonchev–Trinajstić information content (AvgIpc) is 3.13. The zero-order valence-electron chi connectivity index (χ0n) is 19.3. The van der Waals surface area contributed by atoms with Gasteiger partial charge in [0, 0.05) is 24.3 Å². The Kier molecular flexibility index (Phi) is 6.65. The highest BCUT2D eigenvalue weighted by atomic mass is 16.5. The highest BCUT2D eigenvalue weighted by molar-refractivity contribution is 6.04. The molecule has 2 aromatic heterocycles. The molecule has 33 heavy (non-hydrogen) atoms. The Labute approximate surface area is 192 Å². The summed E-state index contributed by atoms with van der Waals surface area (Å²) in [6.07, 6.45) is 2.27. The summed E-state index contributed by atoms with van der Waals surface area (Å²) in [5.74, 6) is -0.167. The van der Waals surface area contributed by atoms with Crippen LogP contribution >= 0.6 is 0 Å². The first-order chi connectivity index (χ1) is 16.0. The van der Waals surface area contributed by atoms with Gasteiger partial charge in [-0.05, 0) is 38.4 Å². The molecule has 0 atom stereocenters. The minimum absolute atomic E-state index is 0.0728. The third kappa shape index (κ3) is 4.30. The number of ether oxygens (including phenoxy) is 1. The van der Waals surface area contributed by atoms with E-state index in [1.807, 2.05) is 19.1 Å². The standard InChI is InChI=1S/C25H30N4O4/c1-4-18-14-19-21(25(32)29(18)15-20(30)16-8-6-5-7-9-16)23(33-3)22(28(19)2)24(31)27-17-10-12-26-13-11-17/h5-9,14,17,26H,4,10-13,15H2,1-3H3,(H,27,31). The molecule has 8 nitrogen and oxygen atoms in total. The van der Waals surface area contributed by atoms with Gasteiger partial charge in [-0.1, -0.05) is 37.3 Å². The number of Topliss-reactive ketones (excluding diaryl/α,β-unsaturated/α-hetero) is 1. The van der Waals surface area contributed by atoms with Crippen LogP contribution in [0.2, 0.25) is 0 Å². The lowest BCUT2D eigenvalue weighted by molar-refractivity contribution is 0.0917. The van der Waals surface area contributed by atoms with Crippen LogP contribution in [0.25, 0.3) is 10.9 Å². The summed E-state index contributed by atoms with van der Waals surface area (Å²) < 4.78 is 8.81. The number of nitrogens with one attached hydrogen (secondary N) is 2. The van der Waals surface area contributed by atoms with E-state index < -0.39 is 0 Å². The summed E-state index contributed by atoms with van der Waals surface area (Å²) in [6, 6.07) is 10.9. The maximum atomic E-state index is 13.6. The third-order valence-electron chi connectivity index (χ3n) is 6.36. The lowest BCUT2D eigenvalue weighted by Crippen LogP contribution is -2.43. The number of hydrogen-bond acceptors (Lipinski definition) is 5. The van der Waals surface area contributed by atoms with Crippen LogP contribution < -0.4 is 20.9 Å². The molecule has 1 aromatic carbocycles. The number of aryl methyl sites for hydroxylation is 2. The van der Waals surface area contributed by atoms with E-state index in [0.29, 0.717) is 28.6 Å². The van der Waals surface area contributed by atoms with Crippen LogP contribution in [0.15, 0.2) is 41.2 Å². The molecule has 0 saturated carbocycles. The number of hydrogen-bond donors (Lipinski definition) is 2. The molecule has 1 fully saturated rings. The summed E-state index contributed by atoms with van der Waals surface area (Å²) in [7, 11) is 3.23. The monoisotopic (exact) mass is 450 g/mol. The van der Waals surface area contributed by atoms with Crippen LogP contribution in [0.3, 0.4) is 0 Å². The van der Waals surface area contributed by atoms with Gasteiger partial charge >= 0.3 is 0 Å². The van der Waals surface area contributed by atoms with Crippen LogP contribution in [0.5, 0.6) is 5.75 Å². The number of carbonyl (C=O) groups excluding carboxylic acids is 2. The number of benzene rings is 1. The first-order valence-corrected chi connectivity index (χ1v) is 11.3. The predicted molar refractivity (Wildman–Crippen MR) is 127 cm³/mol. The van der Waals surface area contributed by atoms with Crippen LogP contribution in [0.4, 0.5) is 0 Å². The molecule has 0 radical (unpaired) electrons. The van der Waals surface area contributed by atoms with E-state index in [0.717, 1.165) is 31.6 Å². The Bertz CT molecular complexity index is 1240. The highest BCUT2D eigenvalue weighted by Gasteiger charge is 2.28. The Balaban J connectivity index is 1.79. The fourth-order valence-electron chi connectivity index (χ4n) is 4.55. The molecule has 1 saturated heterocycles. The first-order valence-electron chi connectivity index (χ1n) is 11.3. The summed E-state index contributed by atoms with van der Waals surface area (Å²) >= 11 is 0. The van der Waals surface area contributed by atoms with E-state index in [9.17, 15) is 14.4 Å². The van der Waals surface area contributed by atoms with Gasteiger partial charge in [-0.15, -0.1) is 0 Å². The van der Waals surface area contributed by atoms with Crippen LogP contribution in [-0.4, -0.2) is 47.1 Å². The van der Waals surface area contributed by atoms with E-state index in [4.69, 9.17) is 4.74 Å². The first kappa shape index (κ1) is 22.8. The van der Waals surface area contributed by atoms with Gasteiger partial charge in [0.05, 0.1) is 19.2 Å².